The Labute approximate surface area is 133 Å². The maximum Gasteiger partial charge on any atom is 0.243 e. The Hall–Kier alpha value is 0.150. The molecule has 1 aliphatic heterocycles. The molecular formula is C11H15BrCl2N2O2S. The van der Waals surface area contributed by atoms with Crippen molar-refractivity contribution in [3.63, 3.8) is 0 Å². The zero-order chi connectivity index (χ0) is 13.2. The molecule has 0 aromatic heterocycles. The van der Waals surface area contributed by atoms with E-state index in [0.717, 1.165) is 13.0 Å². The Balaban J connectivity index is 0.00000180. The van der Waals surface area contributed by atoms with Gasteiger partial charge in [0, 0.05) is 24.1 Å². The van der Waals surface area contributed by atoms with Gasteiger partial charge in [0.1, 0.15) is 0 Å². The van der Waals surface area contributed by atoms with Crippen molar-refractivity contribution in [2.75, 3.05) is 26.2 Å². The maximum absolute atomic E-state index is 12.4. The molecule has 0 saturated carbocycles. The summed E-state index contributed by atoms with van der Waals surface area (Å²) in [4.78, 5) is 0.278. The van der Waals surface area contributed by atoms with Gasteiger partial charge in [-0.25, -0.2) is 8.42 Å². The van der Waals surface area contributed by atoms with E-state index in [1.54, 1.807) is 18.2 Å². The highest BCUT2D eigenvalue weighted by molar-refractivity contribution is 9.10. The van der Waals surface area contributed by atoms with Gasteiger partial charge in [-0.1, -0.05) is 11.6 Å². The zero-order valence-electron chi connectivity index (χ0n) is 10.1. The van der Waals surface area contributed by atoms with Gasteiger partial charge in [0.2, 0.25) is 10.0 Å². The lowest BCUT2D eigenvalue weighted by Gasteiger charge is -2.19. The predicted octanol–water partition coefficient (Wildman–Crippen LogP) is 2.51. The molecule has 0 radical (unpaired) electrons. The van der Waals surface area contributed by atoms with E-state index in [2.05, 4.69) is 21.2 Å². The van der Waals surface area contributed by atoms with Crippen LogP contribution < -0.4 is 5.32 Å². The fourth-order valence-electron chi connectivity index (χ4n) is 1.85. The lowest BCUT2D eigenvalue weighted by atomic mass is 10.4. The van der Waals surface area contributed by atoms with Crippen LogP contribution in [0.25, 0.3) is 0 Å². The molecule has 2 rings (SSSR count). The summed E-state index contributed by atoms with van der Waals surface area (Å²) >= 11 is 9.13. The largest absolute Gasteiger partial charge is 0.315 e. The SMILES string of the molecule is Cl.O=S(=O)(c1ccc(Cl)c(Br)c1)N1CCCNCC1. The monoisotopic (exact) mass is 388 g/mol. The normalized spacial score (nSPS) is 17.6. The fraction of sp³-hybridized carbons (Fsp3) is 0.455. The molecule has 1 saturated heterocycles. The summed E-state index contributed by atoms with van der Waals surface area (Å²) in [6, 6.07) is 4.69. The van der Waals surface area contributed by atoms with Crippen LogP contribution in [0.2, 0.25) is 5.02 Å². The van der Waals surface area contributed by atoms with E-state index in [-0.39, 0.29) is 17.3 Å². The first-order valence-corrected chi connectivity index (χ1v) is 8.29. The highest BCUT2D eigenvalue weighted by Crippen LogP contribution is 2.27. The van der Waals surface area contributed by atoms with Crippen molar-refractivity contribution in [2.45, 2.75) is 11.3 Å². The fourth-order valence-corrected chi connectivity index (χ4v) is 4.00. The topological polar surface area (TPSA) is 49.4 Å². The van der Waals surface area contributed by atoms with E-state index in [9.17, 15) is 8.42 Å². The van der Waals surface area contributed by atoms with Gasteiger partial charge >= 0.3 is 0 Å². The molecule has 1 fully saturated rings. The van der Waals surface area contributed by atoms with Crippen LogP contribution in [0.4, 0.5) is 0 Å². The minimum atomic E-state index is -3.42. The Morgan fingerprint density at radius 1 is 1.26 bits per heavy atom. The lowest BCUT2D eigenvalue weighted by molar-refractivity contribution is 0.432. The van der Waals surface area contributed by atoms with Crippen molar-refractivity contribution in [1.29, 1.82) is 0 Å². The summed E-state index contributed by atoms with van der Waals surface area (Å²) in [7, 11) is -3.42. The number of hydrogen-bond donors (Lipinski definition) is 1. The lowest BCUT2D eigenvalue weighted by Crippen LogP contribution is -2.34. The summed E-state index contributed by atoms with van der Waals surface area (Å²) in [6.45, 7) is 2.60. The molecule has 1 N–H and O–H groups in total. The van der Waals surface area contributed by atoms with Crippen molar-refractivity contribution in [3.05, 3.63) is 27.7 Å². The first-order chi connectivity index (χ1) is 8.51. The molecule has 0 atom stereocenters. The van der Waals surface area contributed by atoms with Gasteiger partial charge in [0.05, 0.1) is 9.92 Å². The van der Waals surface area contributed by atoms with E-state index in [4.69, 9.17) is 11.6 Å². The second-order valence-electron chi connectivity index (χ2n) is 4.08. The predicted molar refractivity (Wildman–Crippen MR) is 82.6 cm³/mol. The van der Waals surface area contributed by atoms with Crippen LogP contribution in [0.15, 0.2) is 27.6 Å². The average molecular weight is 390 g/mol. The van der Waals surface area contributed by atoms with E-state index in [0.29, 0.717) is 29.1 Å². The highest BCUT2D eigenvalue weighted by Gasteiger charge is 2.25. The molecule has 1 heterocycles. The van der Waals surface area contributed by atoms with Gasteiger partial charge in [-0.15, -0.1) is 12.4 Å². The Morgan fingerprint density at radius 3 is 2.68 bits per heavy atom. The first-order valence-electron chi connectivity index (χ1n) is 5.68. The van der Waals surface area contributed by atoms with Crippen molar-refractivity contribution >= 4 is 50.0 Å². The van der Waals surface area contributed by atoms with Gasteiger partial charge in [0.25, 0.3) is 0 Å². The van der Waals surface area contributed by atoms with Crippen LogP contribution in [0.1, 0.15) is 6.42 Å². The Bertz CT molecular complexity index is 531. The minimum absolute atomic E-state index is 0. The second kappa shape index (κ2) is 7.24. The van der Waals surface area contributed by atoms with E-state index in [1.165, 1.54) is 4.31 Å². The molecule has 108 valence electrons. The smallest absolute Gasteiger partial charge is 0.243 e. The van der Waals surface area contributed by atoms with Crippen molar-refractivity contribution in [3.8, 4) is 0 Å². The molecule has 0 aliphatic carbocycles. The average Bonchev–Trinajstić information content (AvgIpc) is 2.61. The molecule has 1 aromatic carbocycles. The van der Waals surface area contributed by atoms with Crippen LogP contribution in [-0.2, 0) is 10.0 Å². The highest BCUT2D eigenvalue weighted by atomic mass is 79.9. The van der Waals surface area contributed by atoms with Crippen LogP contribution in [-0.4, -0.2) is 38.9 Å². The molecule has 0 amide bonds. The van der Waals surface area contributed by atoms with Crippen molar-refractivity contribution < 1.29 is 8.42 Å². The molecule has 0 bridgehead atoms. The summed E-state index contributed by atoms with van der Waals surface area (Å²) in [5, 5.41) is 3.69. The molecule has 19 heavy (non-hydrogen) atoms. The third-order valence-corrected chi connectivity index (χ3v) is 5.94. The van der Waals surface area contributed by atoms with Crippen LogP contribution >= 0.6 is 39.9 Å². The van der Waals surface area contributed by atoms with Crippen LogP contribution in [0, 0.1) is 0 Å². The molecular weight excluding hydrogens is 375 g/mol. The van der Waals surface area contributed by atoms with Crippen molar-refractivity contribution in [2.24, 2.45) is 0 Å². The van der Waals surface area contributed by atoms with Gasteiger partial charge in [-0.05, 0) is 47.1 Å². The van der Waals surface area contributed by atoms with Gasteiger partial charge in [-0.2, -0.15) is 4.31 Å². The van der Waals surface area contributed by atoms with E-state index in [1.807, 2.05) is 0 Å². The molecule has 4 nitrogen and oxygen atoms in total. The van der Waals surface area contributed by atoms with Crippen LogP contribution in [0.5, 0.6) is 0 Å². The summed E-state index contributed by atoms with van der Waals surface area (Å²) in [5.74, 6) is 0. The summed E-state index contributed by atoms with van der Waals surface area (Å²) < 4.78 is 27.0. The Morgan fingerprint density at radius 2 is 2.00 bits per heavy atom. The number of nitrogens with zero attached hydrogens (tertiary/aromatic N) is 1. The number of hydrogen-bond acceptors (Lipinski definition) is 3. The second-order valence-corrected chi connectivity index (χ2v) is 7.28. The van der Waals surface area contributed by atoms with E-state index < -0.39 is 10.0 Å². The number of benzene rings is 1. The first kappa shape index (κ1) is 17.2. The quantitative estimate of drug-likeness (QED) is 0.845. The summed E-state index contributed by atoms with van der Waals surface area (Å²) in [6.07, 6.45) is 0.827. The number of sulfonamides is 1. The van der Waals surface area contributed by atoms with Crippen LogP contribution in [0.3, 0.4) is 0 Å². The van der Waals surface area contributed by atoms with Gasteiger partial charge in [0.15, 0.2) is 0 Å². The standard InChI is InChI=1S/C11H14BrClN2O2S.ClH/c12-10-8-9(2-3-11(10)13)18(16,17)15-6-1-4-14-5-7-15;/h2-3,8,14H,1,4-7H2;1H. The van der Waals surface area contributed by atoms with Gasteiger partial charge in [-0.3, -0.25) is 0 Å². The maximum atomic E-state index is 12.4. The third-order valence-electron chi connectivity index (χ3n) is 2.83. The van der Waals surface area contributed by atoms with Gasteiger partial charge < -0.3 is 5.32 Å². The molecule has 8 heteroatoms. The number of halogens is 3. The molecule has 1 aromatic rings. The molecule has 0 spiro atoms. The molecule has 0 unspecified atom stereocenters. The molecule has 1 aliphatic rings. The Kier molecular flexibility index (Phi) is 6.56. The van der Waals surface area contributed by atoms with Crippen molar-refractivity contribution in [1.82, 2.24) is 9.62 Å². The number of nitrogens with one attached hydrogen (secondary N) is 1. The third kappa shape index (κ3) is 4.06. The number of rotatable bonds is 2. The zero-order valence-corrected chi connectivity index (χ0v) is 14.1. The summed E-state index contributed by atoms with van der Waals surface area (Å²) in [5.41, 5.74) is 0. The minimum Gasteiger partial charge on any atom is -0.315 e. The van der Waals surface area contributed by atoms with E-state index >= 15 is 0 Å².